The minimum atomic E-state index is 0. The van der Waals surface area contributed by atoms with E-state index in [0.29, 0.717) is 0 Å². The fraction of sp³-hybridized carbons (Fsp3) is 0. The van der Waals surface area contributed by atoms with Crippen molar-refractivity contribution < 1.29 is 209 Å². The van der Waals surface area contributed by atoms with Gasteiger partial charge in [0.15, 0.2) is 0 Å². The normalized spacial score (nSPS) is 0. The van der Waals surface area contributed by atoms with E-state index in [1.807, 2.05) is 0 Å². The van der Waals surface area contributed by atoms with Gasteiger partial charge in [0, 0.05) is 156 Å². The predicted octanol–water partition coefficient (Wildman–Crippen LogP) is -0.372. The van der Waals surface area contributed by atoms with E-state index in [-0.39, 0.29) is 296 Å². The first kappa shape index (κ1) is 105. The maximum atomic E-state index is 0. The van der Waals surface area contributed by atoms with Gasteiger partial charge in [-0.1, -0.05) is 0 Å². The van der Waals surface area contributed by atoms with Crippen LogP contribution in [0.2, 0.25) is 0 Å². The quantitative estimate of drug-likeness (QED) is 0.258. The molecule has 12 heteroatoms. The molecule has 0 unspecified atom stereocenters. The van der Waals surface area contributed by atoms with Crippen LogP contribution in [-0.4, -0.2) is 0 Å². The third kappa shape index (κ3) is 76.8. The van der Waals surface area contributed by atoms with Crippen molar-refractivity contribution in [2.24, 2.45) is 0 Å². The average Bonchev–Trinajstić information content (AvgIpc) is 0. The van der Waals surface area contributed by atoms with E-state index in [4.69, 9.17) is 0 Å². The van der Waals surface area contributed by atoms with Gasteiger partial charge in [0.1, 0.15) is 0 Å². The Morgan fingerprint density at radius 1 is 0.750 bits per heavy atom. The molecule has 0 bridgehead atoms. The van der Waals surface area contributed by atoms with Gasteiger partial charge in [-0.3, -0.25) is 0 Å². The van der Waals surface area contributed by atoms with E-state index in [1.165, 1.54) is 0 Å². The molecule has 0 fully saturated rings. The minimum absolute atomic E-state index is 0. The summed E-state index contributed by atoms with van der Waals surface area (Å²) >= 11 is 0. The van der Waals surface area contributed by atoms with Crippen LogP contribution in [0.3, 0.4) is 0 Å². The van der Waals surface area contributed by atoms with E-state index < -0.39 is 0 Å². The average molecular weight is 949 g/mol. The fourth-order valence-electron chi connectivity index (χ4n) is 0. The van der Waals surface area contributed by atoms with Crippen molar-refractivity contribution in [2.75, 3.05) is 0 Å². The van der Waals surface area contributed by atoms with Crippen LogP contribution in [0.15, 0.2) is 0 Å². The summed E-state index contributed by atoms with van der Waals surface area (Å²) in [5.41, 5.74) is 0. The summed E-state index contributed by atoms with van der Waals surface area (Å²) in [4.78, 5) is 0. The number of hydrogen-bond acceptors (Lipinski definition) is 2. The maximum Gasteiger partial charge on any atom is 1.00 e. The van der Waals surface area contributed by atoms with E-state index in [9.17, 15) is 0 Å². The van der Waals surface area contributed by atoms with Crippen molar-refractivity contribution in [3.05, 3.63) is 0 Å². The van der Waals surface area contributed by atoms with E-state index >= 15 is 0 Å². The summed E-state index contributed by atoms with van der Waals surface area (Å²) in [6, 6.07) is 0. The molecule has 0 atom stereocenters. The van der Waals surface area contributed by atoms with E-state index in [1.54, 1.807) is 0 Å². The monoisotopic (exact) mass is 948 g/mol. The zero-order valence-electron chi connectivity index (χ0n) is 7.95. The molecule has 0 aromatic carbocycles. The molecular formula is H19I2KN2S2WY4. The molecule has 0 aliphatic heterocycles. The predicted molar refractivity (Wildman–Crippen MR) is 69.1 cm³/mol. The second-order valence-corrected chi connectivity index (χ2v) is 0. The first-order chi connectivity index (χ1) is 0. The summed E-state index contributed by atoms with van der Waals surface area (Å²) in [7, 11) is 0. The summed E-state index contributed by atoms with van der Waals surface area (Å²) in [6.07, 6.45) is 0. The Hall–Kier alpha value is 8.82. The Labute approximate surface area is 287 Å². The van der Waals surface area contributed by atoms with Gasteiger partial charge in [-0.05, 0) is 0 Å². The zero-order valence-corrected chi connectivity index (χ0v) is 31.0. The van der Waals surface area contributed by atoms with Gasteiger partial charge in [-0.25, -0.2) is 0 Å². The Morgan fingerprint density at radius 3 is 0.750 bits per heavy atom. The van der Waals surface area contributed by atoms with E-state index in [0.717, 1.165) is 0 Å². The van der Waals surface area contributed by atoms with Crippen molar-refractivity contribution in [1.82, 2.24) is 12.3 Å². The van der Waals surface area contributed by atoms with Crippen LogP contribution in [0.5, 0.6) is 0 Å². The molecule has 6 N–H and O–H groups in total. The van der Waals surface area contributed by atoms with Crippen LogP contribution in [-0.2, 0) is 152 Å². The summed E-state index contributed by atoms with van der Waals surface area (Å²) in [5.74, 6) is 0. The topological polar surface area (TPSA) is 70.0 Å². The van der Waals surface area contributed by atoms with Gasteiger partial charge >= 0.3 is 51.4 Å². The van der Waals surface area contributed by atoms with Crippen LogP contribution >= 0.6 is 74.9 Å². The molecule has 0 aliphatic rings. The largest absolute Gasteiger partial charge is 1.00 e. The van der Waals surface area contributed by atoms with Gasteiger partial charge in [0.05, 0.1) is 0 Å². The summed E-state index contributed by atoms with van der Waals surface area (Å²) in [5, 5.41) is 0. The van der Waals surface area contributed by atoms with Crippen LogP contribution in [0, 0.1) is 0 Å². The van der Waals surface area contributed by atoms with Crippen molar-refractivity contribution in [2.45, 2.75) is 0 Å². The van der Waals surface area contributed by atoms with Gasteiger partial charge in [-0.15, -0.1) is 48.0 Å². The van der Waals surface area contributed by atoms with Crippen molar-refractivity contribution >= 4 is 74.9 Å². The third-order valence-corrected chi connectivity index (χ3v) is 0. The molecule has 12 heavy (non-hydrogen) atoms. The Bertz CT molecular complexity index is 42.0. The van der Waals surface area contributed by atoms with Crippen LogP contribution < -0.4 is 63.7 Å². The van der Waals surface area contributed by atoms with E-state index in [2.05, 4.69) is 0 Å². The first-order valence-corrected chi connectivity index (χ1v) is 0. The second kappa shape index (κ2) is 90.2. The van der Waals surface area contributed by atoms with Crippen molar-refractivity contribution in [3.63, 3.8) is 0 Å². The molecule has 0 saturated heterocycles. The maximum absolute atomic E-state index is 0. The van der Waals surface area contributed by atoms with Gasteiger partial charge < -0.3 is 13.7 Å². The zero-order chi connectivity index (χ0) is 0. The SMILES string of the molecule is I.I.N.N.S.S.[2HH].[3HH].[3HH].[H-].[K+].[W].[Y].[Y].[Y].[Y]. The molecule has 0 aliphatic carbocycles. The molecule has 0 aromatic heterocycles. The molecular weight excluding hydrogens is 925 g/mol. The summed E-state index contributed by atoms with van der Waals surface area (Å²) < 4.78 is 0. The molecule has 0 saturated carbocycles. The molecule has 0 heterocycles. The smallest absolute Gasteiger partial charge is 1.00 e. The fourth-order valence-corrected chi connectivity index (χ4v) is 0. The van der Waals surface area contributed by atoms with Gasteiger partial charge in [0.2, 0.25) is 0 Å². The van der Waals surface area contributed by atoms with Crippen LogP contribution in [0.1, 0.15) is 5.71 Å². The van der Waals surface area contributed by atoms with Crippen LogP contribution in [0.4, 0.5) is 0 Å². The number of halogens is 2. The molecule has 74 valence electrons. The standard InChI is InChI=1S/2HI.K.2H3N.2H2S.W.4Y.3H2.H/h2*1H;;2*1H3;2*1H2;;;;;;3*1H;/q;;+1;;;;;;;;;;;;;-1/i;;;;;;;;;;;;2*1+2;1+1;. The Kier molecular flexibility index (Phi) is 791. The first-order valence-electron chi connectivity index (χ1n) is 0. The molecule has 0 amide bonds. The molecule has 0 rings (SSSR count). The molecule has 4 radical (unpaired) electrons. The Balaban J connectivity index is 0. The van der Waals surface area contributed by atoms with Gasteiger partial charge in [0.25, 0.3) is 0 Å². The second-order valence-electron chi connectivity index (χ2n) is 0. The van der Waals surface area contributed by atoms with Crippen molar-refractivity contribution in [3.8, 4) is 0 Å². The molecule has 2 nitrogen and oxygen atoms in total. The third-order valence-electron chi connectivity index (χ3n) is 0. The minimum Gasteiger partial charge on any atom is -1.00 e. The number of hydrogen-bond donors (Lipinski definition) is 2. The Morgan fingerprint density at radius 2 is 0.750 bits per heavy atom. The van der Waals surface area contributed by atoms with Crippen molar-refractivity contribution in [1.29, 1.82) is 0 Å². The number of rotatable bonds is 0. The molecule has 0 spiro atoms. The molecule has 0 aromatic rings. The van der Waals surface area contributed by atoms with Crippen LogP contribution in [0.25, 0.3) is 0 Å². The summed E-state index contributed by atoms with van der Waals surface area (Å²) in [6.45, 7) is 0. The van der Waals surface area contributed by atoms with Gasteiger partial charge in [-0.2, -0.15) is 27.0 Å².